The lowest BCUT2D eigenvalue weighted by Crippen LogP contribution is -1.88. The number of hydrogen-bond acceptors (Lipinski definition) is 3. The minimum Gasteiger partial charge on any atom is -0.261 e. The normalized spacial score (nSPS) is 10.8. The van der Waals surface area contributed by atoms with Gasteiger partial charge in [-0.25, -0.2) is 9.50 Å². The monoisotopic (exact) mass is 210 g/mol. The predicted molar refractivity (Wildman–Crippen MR) is 61.0 cm³/mol. The maximum Gasteiger partial charge on any atom is 0.0926 e. The van der Waals surface area contributed by atoms with E-state index in [1.54, 1.807) is 12.4 Å². The Bertz CT molecular complexity index is 642. The molecule has 0 radical (unpaired) electrons. The molecule has 16 heavy (non-hydrogen) atoms. The minimum atomic E-state index is 0.862. The van der Waals surface area contributed by atoms with E-state index in [-0.39, 0.29) is 0 Å². The van der Waals surface area contributed by atoms with Crippen molar-refractivity contribution < 1.29 is 0 Å². The van der Waals surface area contributed by atoms with Crippen molar-refractivity contribution >= 4 is 5.52 Å². The Morgan fingerprint density at radius 3 is 2.94 bits per heavy atom. The van der Waals surface area contributed by atoms with Crippen LogP contribution in [0.3, 0.4) is 0 Å². The number of nitrogens with zero attached hydrogens (tertiary/aromatic N) is 4. The summed E-state index contributed by atoms with van der Waals surface area (Å²) in [6.07, 6.45) is 7.24. The van der Waals surface area contributed by atoms with Crippen LogP contribution in [0.5, 0.6) is 0 Å². The van der Waals surface area contributed by atoms with Crippen LogP contribution in [0.1, 0.15) is 5.69 Å². The summed E-state index contributed by atoms with van der Waals surface area (Å²) in [7, 11) is 0. The second-order valence-electron chi connectivity index (χ2n) is 3.63. The van der Waals surface area contributed by atoms with Gasteiger partial charge in [-0.05, 0) is 19.1 Å². The molecule has 0 spiro atoms. The topological polar surface area (TPSA) is 43.1 Å². The highest BCUT2D eigenvalue weighted by atomic mass is 15.2. The average Bonchev–Trinajstić information content (AvgIpc) is 2.72. The van der Waals surface area contributed by atoms with Crippen LogP contribution in [0.4, 0.5) is 0 Å². The third-order valence-electron chi connectivity index (χ3n) is 2.46. The molecule has 0 saturated carbocycles. The van der Waals surface area contributed by atoms with Gasteiger partial charge in [0.15, 0.2) is 0 Å². The van der Waals surface area contributed by atoms with Crippen LogP contribution in [0.15, 0.2) is 43.0 Å². The van der Waals surface area contributed by atoms with Crippen molar-refractivity contribution in [2.75, 3.05) is 0 Å². The Balaban J connectivity index is 2.26. The van der Waals surface area contributed by atoms with Gasteiger partial charge in [0.2, 0.25) is 0 Å². The molecule has 0 fully saturated rings. The number of fused-ring (bicyclic) bond motifs is 1. The molecule has 3 heterocycles. The zero-order valence-electron chi connectivity index (χ0n) is 8.83. The Hall–Kier alpha value is -2.23. The molecule has 0 aliphatic rings. The van der Waals surface area contributed by atoms with Crippen LogP contribution in [-0.2, 0) is 0 Å². The summed E-state index contributed by atoms with van der Waals surface area (Å²) in [6.45, 7) is 1.93. The van der Waals surface area contributed by atoms with Crippen LogP contribution in [0, 0.1) is 6.92 Å². The minimum absolute atomic E-state index is 0.862. The lowest BCUT2D eigenvalue weighted by molar-refractivity contribution is 0.961. The van der Waals surface area contributed by atoms with Gasteiger partial charge in [-0.1, -0.05) is 6.07 Å². The van der Waals surface area contributed by atoms with Gasteiger partial charge in [0, 0.05) is 18.0 Å². The molecular formula is C12H10N4. The Morgan fingerprint density at radius 1 is 1.12 bits per heavy atom. The summed E-state index contributed by atoms with van der Waals surface area (Å²) in [4.78, 5) is 8.60. The van der Waals surface area contributed by atoms with Crippen LogP contribution in [0.25, 0.3) is 16.8 Å². The molecule has 0 saturated heterocycles. The van der Waals surface area contributed by atoms with Gasteiger partial charge >= 0.3 is 0 Å². The lowest BCUT2D eigenvalue weighted by Gasteiger charge is -1.98. The highest BCUT2D eigenvalue weighted by Crippen LogP contribution is 2.21. The average molecular weight is 210 g/mol. The van der Waals surface area contributed by atoms with Crippen molar-refractivity contribution in [1.82, 2.24) is 19.6 Å². The van der Waals surface area contributed by atoms with Crippen molar-refractivity contribution in [1.29, 1.82) is 0 Å². The van der Waals surface area contributed by atoms with E-state index in [1.165, 1.54) is 0 Å². The quantitative estimate of drug-likeness (QED) is 0.617. The van der Waals surface area contributed by atoms with E-state index < -0.39 is 0 Å². The van der Waals surface area contributed by atoms with Gasteiger partial charge in [-0.15, -0.1) is 0 Å². The third kappa shape index (κ3) is 1.35. The molecule has 0 unspecified atom stereocenters. The first-order chi connectivity index (χ1) is 7.84. The number of aromatic nitrogens is 4. The molecule has 4 heteroatoms. The Labute approximate surface area is 92.6 Å². The van der Waals surface area contributed by atoms with E-state index in [1.807, 2.05) is 42.0 Å². The number of aryl methyl sites for hydroxylation is 1. The molecule has 0 aliphatic carbocycles. The Morgan fingerprint density at radius 2 is 2.06 bits per heavy atom. The summed E-state index contributed by atoms with van der Waals surface area (Å²) in [5, 5.41) is 4.27. The molecule has 0 atom stereocenters. The first-order valence-corrected chi connectivity index (χ1v) is 5.06. The summed E-state index contributed by atoms with van der Waals surface area (Å²) in [6, 6.07) is 5.96. The fourth-order valence-electron chi connectivity index (χ4n) is 1.73. The van der Waals surface area contributed by atoms with Crippen molar-refractivity contribution in [2.45, 2.75) is 6.92 Å². The fraction of sp³-hybridized carbons (Fsp3) is 0.0833. The molecule has 3 aromatic heterocycles. The van der Waals surface area contributed by atoms with E-state index in [0.717, 1.165) is 22.5 Å². The first kappa shape index (κ1) is 9.03. The van der Waals surface area contributed by atoms with Crippen LogP contribution in [-0.4, -0.2) is 19.6 Å². The molecule has 0 bridgehead atoms. The van der Waals surface area contributed by atoms with Gasteiger partial charge in [0.25, 0.3) is 0 Å². The van der Waals surface area contributed by atoms with Crippen LogP contribution < -0.4 is 0 Å². The summed E-state index contributed by atoms with van der Waals surface area (Å²) >= 11 is 0. The third-order valence-corrected chi connectivity index (χ3v) is 2.46. The van der Waals surface area contributed by atoms with E-state index >= 15 is 0 Å². The summed E-state index contributed by atoms with van der Waals surface area (Å²) in [5.41, 5.74) is 3.83. The maximum absolute atomic E-state index is 4.45. The molecule has 0 N–H and O–H groups in total. The second kappa shape index (κ2) is 3.41. The largest absolute Gasteiger partial charge is 0.261 e. The van der Waals surface area contributed by atoms with Crippen molar-refractivity contribution in [2.24, 2.45) is 0 Å². The molecule has 0 aliphatic heterocycles. The molecule has 0 amide bonds. The SMILES string of the molecule is Cc1cncc(-c2cnn3ccccc23)n1. The highest BCUT2D eigenvalue weighted by molar-refractivity contribution is 5.76. The van der Waals surface area contributed by atoms with Gasteiger partial charge in [0.05, 0.1) is 29.3 Å². The summed E-state index contributed by atoms with van der Waals surface area (Å²) in [5.74, 6) is 0. The van der Waals surface area contributed by atoms with Gasteiger partial charge in [-0.2, -0.15) is 5.10 Å². The van der Waals surface area contributed by atoms with E-state index in [9.17, 15) is 0 Å². The highest BCUT2D eigenvalue weighted by Gasteiger charge is 2.07. The molecule has 0 aromatic carbocycles. The smallest absolute Gasteiger partial charge is 0.0926 e. The molecular weight excluding hydrogens is 200 g/mol. The van der Waals surface area contributed by atoms with Gasteiger partial charge in [-0.3, -0.25) is 4.98 Å². The standard InChI is InChI=1S/C12H10N4/c1-9-6-13-8-11(15-9)10-7-14-16-5-3-2-4-12(10)16/h2-8H,1H3. The first-order valence-electron chi connectivity index (χ1n) is 5.06. The maximum atomic E-state index is 4.45. The molecule has 4 nitrogen and oxygen atoms in total. The van der Waals surface area contributed by atoms with Crippen molar-refractivity contribution in [3.8, 4) is 11.3 Å². The van der Waals surface area contributed by atoms with E-state index in [2.05, 4.69) is 15.1 Å². The van der Waals surface area contributed by atoms with Gasteiger partial charge in [0.1, 0.15) is 0 Å². The van der Waals surface area contributed by atoms with Crippen molar-refractivity contribution in [3.63, 3.8) is 0 Å². The number of pyridine rings is 1. The van der Waals surface area contributed by atoms with E-state index in [4.69, 9.17) is 0 Å². The number of hydrogen-bond donors (Lipinski definition) is 0. The lowest BCUT2D eigenvalue weighted by atomic mass is 10.2. The predicted octanol–water partition coefficient (Wildman–Crippen LogP) is 2.10. The number of rotatable bonds is 1. The molecule has 3 aromatic rings. The molecule has 3 rings (SSSR count). The van der Waals surface area contributed by atoms with Crippen LogP contribution in [0.2, 0.25) is 0 Å². The second-order valence-corrected chi connectivity index (χ2v) is 3.63. The molecule has 78 valence electrons. The van der Waals surface area contributed by atoms with Gasteiger partial charge < -0.3 is 0 Å². The zero-order valence-corrected chi connectivity index (χ0v) is 8.83. The fourth-order valence-corrected chi connectivity index (χ4v) is 1.73. The Kier molecular flexibility index (Phi) is 1.93. The van der Waals surface area contributed by atoms with Crippen LogP contribution >= 0.6 is 0 Å². The zero-order chi connectivity index (χ0) is 11.0. The van der Waals surface area contributed by atoms with E-state index in [0.29, 0.717) is 0 Å². The summed E-state index contributed by atoms with van der Waals surface area (Å²) < 4.78 is 1.83. The van der Waals surface area contributed by atoms with Crippen molar-refractivity contribution in [3.05, 3.63) is 48.7 Å².